The normalized spacial score (nSPS) is 17.0. The first kappa shape index (κ1) is 13.2. The van der Waals surface area contributed by atoms with Crippen molar-refractivity contribution >= 4 is 17.5 Å². The fraction of sp³-hybridized carbons (Fsp3) is 0.417. The van der Waals surface area contributed by atoms with Crippen molar-refractivity contribution in [2.75, 3.05) is 33.2 Å². The summed E-state index contributed by atoms with van der Waals surface area (Å²) in [6.07, 6.45) is 0. The minimum absolute atomic E-state index is 0.175. The topological polar surface area (TPSA) is 23.6 Å². The molecule has 0 radical (unpaired) electrons. The van der Waals surface area contributed by atoms with Gasteiger partial charge in [0.25, 0.3) is 5.91 Å². The van der Waals surface area contributed by atoms with Crippen molar-refractivity contribution in [1.82, 2.24) is 9.80 Å². The summed E-state index contributed by atoms with van der Waals surface area (Å²) < 4.78 is 26.6. The summed E-state index contributed by atoms with van der Waals surface area (Å²) in [4.78, 5) is 15.7. The van der Waals surface area contributed by atoms with Crippen LogP contribution in [0.15, 0.2) is 12.1 Å². The van der Waals surface area contributed by atoms with Gasteiger partial charge in [0, 0.05) is 32.2 Å². The molecule has 1 aliphatic rings. The maximum Gasteiger partial charge on any atom is 0.256 e. The Labute approximate surface area is 109 Å². The third-order valence-electron chi connectivity index (χ3n) is 3.03. The Hall–Kier alpha value is -1.20. The summed E-state index contributed by atoms with van der Waals surface area (Å²) in [5.74, 6) is -2.17. The molecular weight excluding hydrogens is 262 g/mol. The quantitative estimate of drug-likeness (QED) is 0.732. The van der Waals surface area contributed by atoms with Crippen LogP contribution >= 0.6 is 11.6 Å². The van der Waals surface area contributed by atoms with Gasteiger partial charge in [0.15, 0.2) is 0 Å². The zero-order chi connectivity index (χ0) is 13.3. The summed E-state index contributed by atoms with van der Waals surface area (Å²) in [6.45, 7) is 2.54. The molecule has 3 nitrogen and oxygen atoms in total. The molecule has 0 unspecified atom stereocenters. The van der Waals surface area contributed by atoms with Gasteiger partial charge >= 0.3 is 0 Å². The van der Waals surface area contributed by atoms with Crippen molar-refractivity contribution in [3.63, 3.8) is 0 Å². The number of amides is 1. The summed E-state index contributed by atoms with van der Waals surface area (Å²) in [7, 11) is 1.96. The minimum Gasteiger partial charge on any atom is -0.336 e. The van der Waals surface area contributed by atoms with Crippen molar-refractivity contribution in [2.24, 2.45) is 0 Å². The van der Waals surface area contributed by atoms with Crippen molar-refractivity contribution in [1.29, 1.82) is 0 Å². The van der Waals surface area contributed by atoms with Crippen molar-refractivity contribution in [3.05, 3.63) is 34.4 Å². The molecule has 6 heteroatoms. The summed E-state index contributed by atoms with van der Waals surface area (Å²) in [5.41, 5.74) is -0.175. The first-order valence-electron chi connectivity index (χ1n) is 5.61. The predicted molar refractivity (Wildman–Crippen MR) is 64.8 cm³/mol. The molecule has 1 saturated heterocycles. The van der Waals surface area contributed by atoms with Crippen LogP contribution in [0.2, 0.25) is 5.02 Å². The summed E-state index contributed by atoms with van der Waals surface area (Å²) >= 11 is 5.57. The highest BCUT2D eigenvalue weighted by Gasteiger charge is 2.23. The van der Waals surface area contributed by atoms with Crippen LogP contribution in [0.3, 0.4) is 0 Å². The van der Waals surface area contributed by atoms with Gasteiger partial charge in [-0.3, -0.25) is 4.79 Å². The van der Waals surface area contributed by atoms with Crippen LogP contribution in [0.25, 0.3) is 0 Å². The molecule has 98 valence electrons. The number of nitrogens with zero attached hydrogens (tertiary/aromatic N) is 2. The molecule has 2 rings (SSSR count). The number of piperazine rings is 1. The van der Waals surface area contributed by atoms with Crippen molar-refractivity contribution in [3.8, 4) is 0 Å². The van der Waals surface area contributed by atoms with E-state index in [1.165, 1.54) is 0 Å². The molecule has 1 aromatic rings. The lowest BCUT2D eigenvalue weighted by Gasteiger charge is -2.32. The SMILES string of the molecule is CN1CCN(C(=O)c2cc(Cl)c(F)cc2F)CC1. The molecule has 1 aromatic carbocycles. The molecule has 0 aromatic heterocycles. The molecule has 18 heavy (non-hydrogen) atoms. The van der Waals surface area contributed by atoms with E-state index in [0.29, 0.717) is 19.2 Å². The average molecular weight is 275 g/mol. The largest absolute Gasteiger partial charge is 0.336 e. The van der Waals surface area contributed by atoms with E-state index in [-0.39, 0.29) is 10.6 Å². The fourth-order valence-corrected chi connectivity index (χ4v) is 2.03. The Morgan fingerprint density at radius 3 is 2.39 bits per heavy atom. The van der Waals surface area contributed by atoms with Gasteiger partial charge in [-0.15, -0.1) is 0 Å². The maximum absolute atomic E-state index is 13.6. The van der Waals surface area contributed by atoms with E-state index >= 15 is 0 Å². The van der Waals surface area contributed by atoms with Crippen molar-refractivity contribution < 1.29 is 13.6 Å². The van der Waals surface area contributed by atoms with Crippen molar-refractivity contribution in [2.45, 2.75) is 0 Å². The van der Waals surface area contributed by atoms with Gasteiger partial charge in [-0.2, -0.15) is 0 Å². The Morgan fingerprint density at radius 2 is 1.78 bits per heavy atom. The van der Waals surface area contributed by atoms with Gasteiger partial charge in [0.2, 0.25) is 0 Å². The Kier molecular flexibility index (Phi) is 3.82. The van der Waals surface area contributed by atoms with Crippen LogP contribution in [0.4, 0.5) is 8.78 Å². The van der Waals surface area contributed by atoms with Gasteiger partial charge in [0.1, 0.15) is 11.6 Å². The lowest BCUT2D eigenvalue weighted by atomic mass is 10.1. The summed E-state index contributed by atoms with van der Waals surface area (Å²) in [5, 5.41) is -0.242. The Bertz CT molecular complexity index is 473. The monoisotopic (exact) mass is 274 g/mol. The molecule has 0 spiro atoms. The van der Waals surface area contributed by atoms with Crippen LogP contribution < -0.4 is 0 Å². The van der Waals surface area contributed by atoms with Crippen LogP contribution in [0, 0.1) is 11.6 Å². The highest BCUT2D eigenvalue weighted by molar-refractivity contribution is 6.31. The average Bonchev–Trinajstić information content (AvgIpc) is 2.34. The Balaban J connectivity index is 2.21. The fourth-order valence-electron chi connectivity index (χ4n) is 1.87. The molecular formula is C12H13ClF2N2O. The highest BCUT2D eigenvalue weighted by atomic mass is 35.5. The smallest absolute Gasteiger partial charge is 0.256 e. The number of benzene rings is 1. The van der Waals surface area contributed by atoms with Gasteiger partial charge in [-0.1, -0.05) is 11.6 Å². The number of likely N-dealkylation sites (N-methyl/N-ethyl adjacent to an activating group) is 1. The molecule has 0 bridgehead atoms. The van der Waals surface area contributed by atoms with E-state index in [2.05, 4.69) is 4.90 Å². The number of carbonyl (C=O) groups excluding carboxylic acids is 1. The number of hydrogen-bond donors (Lipinski definition) is 0. The minimum atomic E-state index is -0.874. The number of halogens is 3. The van der Waals surface area contributed by atoms with Crippen LogP contribution in [0.5, 0.6) is 0 Å². The second kappa shape index (κ2) is 5.20. The second-order valence-electron chi connectivity index (χ2n) is 4.34. The van der Waals surface area contributed by atoms with E-state index in [4.69, 9.17) is 11.6 Å². The van der Waals surface area contributed by atoms with Crippen LogP contribution in [0.1, 0.15) is 10.4 Å². The van der Waals surface area contributed by atoms with E-state index in [9.17, 15) is 13.6 Å². The van der Waals surface area contributed by atoms with E-state index in [0.717, 1.165) is 19.2 Å². The lowest BCUT2D eigenvalue weighted by Crippen LogP contribution is -2.47. The van der Waals surface area contributed by atoms with Crippen LogP contribution in [-0.2, 0) is 0 Å². The number of rotatable bonds is 1. The van der Waals surface area contributed by atoms with E-state index in [1.54, 1.807) is 4.90 Å². The maximum atomic E-state index is 13.6. The van der Waals surface area contributed by atoms with Gasteiger partial charge in [0.05, 0.1) is 10.6 Å². The molecule has 0 atom stereocenters. The zero-order valence-electron chi connectivity index (χ0n) is 9.92. The third-order valence-corrected chi connectivity index (χ3v) is 3.32. The molecule has 1 fully saturated rings. The van der Waals surface area contributed by atoms with Gasteiger partial charge < -0.3 is 9.80 Å². The van der Waals surface area contributed by atoms with Crippen LogP contribution in [-0.4, -0.2) is 48.9 Å². The first-order chi connectivity index (χ1) is 8.49. The number of hydrogen-bond acceptors (Lipinski definition) is 2. The predicted octanol–water partition coefficient (Wildman–Crippen LogP) is 2.01. The van der Waals surface area contributed by atoms with E-state index < -0.39 is 17.5 Å². The zero-order valence-corrected chi connectivity index (χ0v) is 10.7. The molecule has 1 heterocycles. The molecule has 0 N–H and O–H groups in total. The standard InChI is InChI=1S/C12H13ClF2N2O/c1-16-2-4-17(5-3-16)12(18)8-6-9(13)11(15)7-10(8)14/h6-7H,2-5H2,1H3. The first-order valence-corrected chi connectivity index (χ1v) is 5.99. The third kappa shape index (κ3) is 2.62. The van der Waals surface area contributed by atoms with E-state index in [1.807, 2.05) is 7.05 Å². The second-order valence-corrected chi connectivity index (χ2v) is 4.75. The van der Waals surface area contributed by atoms with Gasteiger partial charge in [-0.25, -0.2) is 8.78 Å². The number of carbonyl (C=O) groups is 1. The summed E-state index contributed by atoms with van der Waals surface area (Å²) in [6, 6.07) is 1.69. The lowest BCUT2D eigenvalue weighted by molar-refractivity contribution is 0.0659. The molecule has 1 amide bonds. The molecule has 0 aliphatic carbocycles. The molecule has 0 saturated carbocycles. The van der Waals surface area contributed by atoms with Gasteiger partial charge in [-0.05, 0) is 13.1 Å². The highest BCUT2D eigenvalue weighted by Crippen LogP contribution is 2.21. The molecule has 1 aliphatic heterocycles. The Morgan fingerprint density at radius 1 is 1.17 bits per heavy atom.